The fourth-order valence-electron chi connectivity index (χ4n) is 3.15. The minimum atomic E-state index is -0.818. The van der Waals surface area contributed by atoms with Gasteiger partial charge in [0.05, 0.1) is 6.07 Å². The second-order valence-electron chi connectivity index (χ2n) is 6.52. The van der Waals surface area contributed by atoms with E-state index in [1.54, 1.807) is 0 Å². The summed E-state index contributed by atoms with van der Waals surface area (Å²) in [5.41, 5.74) is -0.818. The summed E-state index contributed by atoms with van der Waals surface area (Å²) in [6.45, 7) is 13.4. The van der Waals surface area contributed by atoms with Gasteiger partial charge in [-0.05, 0) is 31.6 Å². The Morgan fingerprint density at radius 1 is 1.10 bits per heavy atom. The van der Waals surface area contributed by atoms with Gasteiger partial charge in [-0.2, -0.15) is 5.26 Å². The molecule has 0 N–H and O–H groups in total. The van der Waals surface area contributed by atoms with Crippen LogP contribution in [0.25, 0.3) is 0 Å². The van der Waals surface area contributed by atoms with Crippen LogP contribution in [0.3, 0.4) is 0 Å². The molecule has 3 nitrogen and oxygen atoms in total. The van der Waals surface area contributed by atoms with Crippen molar-refractivity contribution in [1.29, 1.82) is 5.26 Å². The number of rotatable bonds is 10. The van der Waals surface area contributed by atoms with Crippen molar-refractivity contribution in [2.24, 2.45) is 11.3 Å². The minimum Gasteiger partial charge on any atom is -0.338 e. The van der Waals surface area contributed by atoms with Gasteiger partial charge in [-0.1, -0.05) is 54.4 Å². The largest absolute Gasteiger partial charge is 0.338 e. The smallest absolute Gasteiger partial charge is 0.243 e. The second-order valence-corrected chi connectivity index (χ2v) is 6.52. The average Bonchev–Trinajstić information content (AvgIpc) is 2.46. The van der Waals surface area contributed by atoms with Crippen LogP contribution < -0.4 is 0 Å². The molecule has 0 rings (SSSR count). The predicted molar refractivity (Wildman–Crippen MR) is 88.8 cm³/mol. The molecule has 122 valence electrons. The van der Waals surface area contributed by atoms with E-state index in [4.69, 9.17) is 0 Å². The van der Waals surface area contributed by atoms with E-state index < -0.39 is 5.41 Å². The molecule has 0 spiro atoms. The summed E-state index contributed by atoms with van der Waals surface area (Å²) in [4.78, 5) is 15.2. The highest BCUT2D eigenvalue weighted by atomic mass is 16.2. The van der Waals surface area contributed by atoms with Crippen molar-refractivity contribution in [3.8, 4) is 6.07 Å². The fourth-order valence-corrected chi connectivity index (χ4v) is 3.15. The average molecular weight is 294 g/mol. The monoisotopic (exact) mass is 294 g/mol. The van der Waals surface area contributed by atoms with Crippen LogP contribution in [0.4, 0.5) is 0 Å². The first-order chi connectivity index (χ1) is 9.92. The van der Waals surface area contributed by atoms with E-state index in [-0.39, 0.29) is 11.9 Å². The normalized spacial score (nSPS) is 11.8. The number of amides is 1. The van der Waals surface area contributed by atoms with E-state index >= 15 is 0 Å². The lowest BCUT2D eigenvalue weighted by atomic mass is 9.78. The Morgan fingerprint density at radius 3 is 1.86 bits per heavy atom. The van der Waals surface area contributed by atoms with Gasteiger partial charge in [0.15, 0.2) is 0 Å². The van der Waals surface area contributed by atoms with Gasteiger partial charge in [-0.15, -0.1) is 0 Å². The zero-order valence-corrected chi connectivity index (χ0v) is 14.9. The molecule has 0 aromatic carbocycles. The third-order valence-corrected chi connectivity index (χ3v) is 4.18. The number of hydrogen-bond donors (Lipinski definition) is 0. The number of nitrogens with zero attached hydrogens (tertiary/aromatic N) is 2. The van der Waals surface area contributed by atoms with Crippen LogP contribution in [-0.4, -0.2) is 23.4 Å². The molecule has 0 aromatic rings. The third kappa shape index (κ3) is 5.34. The molecule has 0 aromatic heterocycles. The van der Waals surface area contributed by atoms with E-state index in [9.17, 15) is 10.1 Å². The summed E-state index contributed by atoms with van der Waals surface area (Å²) < 4.78 is 0. The standard InChI is InChI=1S/C18H34N2O/c1-7-11-18(14-19,12-8-2)17(21)20(13-15(5)6)16(9-3)10-4/h15-16H,7-13H2,1-6H3. The van der Waals surface area contributed by atoms with Crippen LogP contribution in [0, 0.1) is 22.7 Å². The molecule has 0 atom stereocenters. The lowest BCUT2D eigenvalue weighted by Gasteiger charge is -2.38. The van der Waals surface area contributed by atoms with E-state index in [0.29, 0.717) is 18.8 Å². The first-order valence-corrected chi connectivity index (χ1v) is 8.64. The van der Waals surface area contributed by atoms with E-state index in [2.05, 4.69) is 47.6 Å². The summed E-state index contributed by atoms with van der Waals surface area (Å²) >= 11 is 0. The Labute approximate surface area is 131 Å². The van der Waals surface area contributed by atoms with Gasteiger partial charge >= 0.3 is 0 Å². The van der Waals surface area contributed by atoms with Crippen LogP contribution in [0.15, 0.2) is 0 Å². The zero-order valence-electron chi connectivity index (χ0n) is 14.9. The van der Waals surface area contributed by atoms with Crippen LogP contribution in [0.1, 0.15) is 80.1 Å². The van der Waals surface area contributed by atoms with Gasteiger partial charge in [-0.25, -0.2) is 0 Å². The molecule has 21 heavy (non-hydrogen) atoms. The molecule has 0 aliphatic heterocycles. The second kappa shape index (κ2) is 9.82. The molecule has 0 unspecified atom stereocenters. The van der Waals surface area contributed by atoms with Crippen LogP contribution in [0.5, 0.6) is 0 Å². The summed E-state index contributed by atoms with van der Waals surface area (Å²) in [6, 6.07) is 2.63. The SMILES string of the molecule is CCCC(C#N)(CCC)C(=O)N(CC(C)C)C(CC)CC. The minimum absolute atomic E-state index is 0.0658. The van der Waals surface area contributed by atoms with Crippen molar-refractivity contribution in [3.05, 3.63) is 0 Å². The van der Waals surface area contributed by atoms with Crippen LogP contribution in [-0.2, 0) is 4.79 Å². The predicted octanol–water partition coefficient (Wildman–Crippen LogP) is 4.77. The molecule has 0 fully saturated rings. The lowest BCUT2D eigenvalue weighted by molar-refractivity contribution is -0.143. The lowest BCUT2D eigenvalue weighted by Crippen LogP contribution is -2.49. The summed E-state index contributed by atoms with van der Waals surface area (Å²) in [5.74, 6) is 0.491. The fraction of sp³-hybridized carbons (Fsp3) is 0.889. The maximum atomic E-state index is 13.2. The van der Waals surface area contributed by atoms with Crippen LogP contribution in [0.2, 0.25) is 0 Å². The highest BCUT2D eigenvalue weighted by Crippen LogP contribution is 2.33. The maximum Gasteiger partial charge on any atom is 0.243 e. The zero-order chi connectivity index (χ0) is 16.5. The Bertz CT molecular complexity index is 334. The van der Waals surface area contributed by atoms with Crippen molar-refractivity contribution in [2.45, 2.75) is 86.1 Å². The first kappa shape index (κ1) is 20.0. The van der Waals surface area contributed by atoms with Crippen molar-refractivity contribution in [1.82, 2.24) is 4.90 Å². The van der Waals surface area contributed by atoms with Gasteiger partial charge in [-0.3, -0.25) is 4.79 Å². The van der Waals surface area contributed by atoms with Gasteiger partial charge in [0.25, 0.3) is 0 Å². The number of nitriles is 1. The molecule has 0 aliphatic rings. The molecule has 0 radical (unpaired) electrons. The van der Waals surface area contributed by atoms with Crippen molar-refractivity contribution in [2.75, 3.05) is 6.54 Å². The molecule has 0 aliphatic carbocycles. The van der Waals surface area contributed by atoms with Gasteiger partial charge in [0.1, 0.15) is 5.41 Å². The van der Waals surface area contributed by atoms with Crippen LogP contribution >= 0.6 is 0 Å². The number of carbonyl (C=O) groups is 1. The Kier molecular flexibility index (Phi) is 9.33. The third-order valence-electron chi connectivity index (χ3n) is 4.18. The number of carbonyl (C=O) groups excluding carboxylic acids is 1. The molecular formula is C18H34N2O. The van der Waals surface area contributed by atoms with Gasteiger partial charge < -0.3 is 4.90 Å². The van der Waals surface area contributed by atoms with Crippen molar-refractivity contribution < 1.29 is 4.79 Å². The Balaban J connectivity index is 5.52. The molecular weight excluding hydrogens is 260 g/mol. The Morgan fingerprint density at radius 2 is 1.57 bits per heavy atom. The summed E-state index contributed by atoms with van der Waals surface area (Å²) in [7, 11) is 0. The quantitative estimate of drug-likeness (QED) is 0.582. The van der Waals surface area contributed by atoms with Crippen molar-refractivity contribution in [3.63, 3.8) is 0 Å². The van der Waals surface area contributed by atoms with Crippen molar-refractivity contribution >= 4 is 5.91 Å². The van der Waals surface area contributed by atoms with E-state index in [1.165, 1.54) is 0 Å². The molecule has 0 bridgehead atoms. The molecule has 0 saturated heterocycles. The van der Waals surface area contributed by atoms with E-state index in [0.717, 1.165) is 32.2 Å². The molecule has 0 heterocycles. The van der Waals surface area contributed by atoms with E-state index in [1.807, 2.05) is 4.90 Å². The Hall–Kier alpha value is -1.04. The van der Waals surface area contributed by atoms with Gasteiger partial charge in [0.2, 0.25) is 5.91 Å². The number of hydrogen-bond acceptors (Lipinski definition) is 2. The first-order valence-electron chi connectivity index (χ1n) is 8.64. The summed E-state index contributed by atoms with van der Waals surface area (Å²) in [6.07, 6.45) is 4.99. The topological polar surface area (TPSA) is 44.1 Å². The maximum absolute atomic E-state index is 13.2. The summed E-state index contributed by atoms with van der Waals surface area (Å²) in [5, 5.41) is 9.72. The molecule has 0 saturated carbocycles. The molecule has 1 amide bonds. The highest BCUT2D eigenvalue weighted by Gasteiger charge is 2.41. The highest BCUT2D eigenvalue weighted by molar-refractivity contribution is 5.85. The van der Waals surface area contributed by atoms with Gasteiger partial charge in [0, 0.05) is 12.6 Å². The molecule has 3 heteroatoms.